The SMILES string of the molecule is O=C(CCc1c[nH]c2ccccc12)Nc1cnc(-c2ccccc2)nc1. The van der Waals surface area contributed by atoms with Crippen molar-refractivity contribution in [3.05, 3.63) is 78.8 Å². The smallest absolute Gasteiger partial charge is 0.224 e. The summed E-state index contributed by atoms with van der Waals surface area (Å²) in [6.45, 7) is 0. The highest BCUT2D eigenvalue weighted by molar-refractivity contribution is 5.91. The molecule has 128 valence electrons. The molecule has 0 fully saturated rings. The zero-order valence-corrected chi connectivity index (χ0v) is 14.1. The number of hydrogen-bond donors (Lipinski definition) is 2. The number of fused-ring (bicyclic) bond motifs is 1. The minimum Gasteiger partial charge on any atom is -0.361 e. The first-order chi connectivity index (χ1) is 12.8. The maximum absolute atomic E-state index is 12.2. The molecule has 0 atom stereocenters. The van der Waals surface area contributed by atoms with Crippen molar-refractivity contribution in [2.75, 3.05) is 5.32 Å². The van der Waals surface area contributed by atoms with Crippen LogP contribution in [0.25, 0.3) is 22.3 Å². The molecule has 2 aromatic carbocycles. The molecular formula is C21H18N4O. The van der Waals surface area contributed by atoms with Gasteiger partial charge >= 0.3 is 0 Å². The molecule has 5 nitrogen and oxygen atoms in total. The fraction of sp³-hybridized carbons (Fsp3) is 0.0952. The molecule has 0 radical (unpaired) electrons. The standard InChI is InChI=1S/C21H18N4O/c26-20(11-10-16-12-22-19-9-5-4-8-18(16)19)25-17-13-23-21(24-14-17)15-6-2-1-3-7-15/h1-9,12-14,22H,10-11H2,(H,25,26). The summed E-state index contributed by atoms with van der Waals surface area (Å²) in [5.41, 5.74) is 3.79. The van der Waals surface area contributed by atoms with Gasteiger partial charge in [0.05, 0.1) is 18.1 Å². The lowest BCUT2D eigenvalue weighted by Gasteiger charge is -2.05. The Balaban J connectivity index is 1.37. The van der Waals surface area contributed by atoms with Gasteiger partial charge in [-0.05, 0) is 18.1 Å². The van der Waals surface area contributed by atoms with Crippen LogP contribution in [0.3, 0.4) is 0 Å². The number of carbonyl (C=O) groups excluding carboxylic acids is 1. The van der Waals surface area contributed by atoms with Crippen molar-refractivity contribution in [3.63, 3.8) is 0 Å². The Hall–Kier alpha value is -3.47. The second-order valence-corrected chi connectivity index (χ2v) is 6.07. The summed E-state index contributed by atoms with van der Waals surface area (Å²) < 4.78 is 0. The van der Waals surface area contributed by atoms with Crippen LogP contribution in [0.15, 0.2) is 73.2 Å². The van der Waals surface area contributed by atoms with E-state index in [4.69, 9.17) is 0 Å². The van der Waals surface area contributed by atoms with Crippen molar-refractivity contribution in [2.45, 2.75) is 12.8 Å². The summed E-state index contributed by atoms with van der Waals surface area (Å²) in [5.74, 6) is 0.591. The van der Waals surface area contributed by atoms with Gasteiger partial charge in [0.15, 0.2) is 5.82 Å². The number of H-pyrrole nitrogens is 1. The number of amides is 1. The third-order valence-corrected chi connectivity index (χ3v) is 4.26. The molecular weight excluding hydrogens is 324 g/mol. The van der Waals surface area contributed by atoms with Crippen LogP contribution >= 0.6 is 0 Å². The molecule has 0 unspecified atom stereocenters. The Labute approximate surface area is 151 Å². The van der Waals surface area contributed by atoms with Gasteiger partial charge in [0.1, 0.15) is 0 Å². The molecule has 0 aliphatic heterocycles. The number of para-hydroxylation sites is 1. The van der Waals surface area contributed by atoms with Crippen molar-refractivity contribution in [2.24, 2.45) is 0 Å². The van der Waals surface area contributed by atoms with Gasteiger partial charge in [0.25, 0.3) is 0 Å². The topological polar surface area (TPSA) is 70.7 Å². The first kappa shape index (κ1) is 16.0. The van der Waals surface area contributed by atoms with E-state index in [1.807, 2.05) is 54.7 Å². The van der Waals surface area contributed by atoms with Gasteiger partial charge in [-0.15, -0.1) is 0 Å². The second-order valence-electron chi connectivity index (χ2n) is 6.07. The fourth-order valence-electron chi connectivity index (χ4n) is 2.94. The summed E-state index contributed by atoms with van der Waals surface area (Å²) in [5, 5.41) is 4.02. The Morgan fingerprint density at radius 1 is 0.962 bits per heavy atom. The number of nitrogens with one attached hydrogen (secondary N) is 2. The van der Waals surface area contributed by atoms with Gasteiger partial charge in [-0.3, -0.25) is 4.79 Å². The van der Waals surface area contributed by atoms with E-state index in [1.165, 1.54) is 0 Å². The van der Waals surface area contributed by atoms with Crippen molar-refractivity contribution in [1.29, 1.82) is 0 Å². The number of aryl methyl sites for hydroxylation is 1. The minimum absolute atomic E-state index is 0.0497. The number of benzene rings is 2. The fourth-order valence-corrected chi connectivity index (χ4v) is 2.94. The first-order valence-corrected chi connectivity index (χ1v) is 8.52. The molecule has 0 saturated carbocycles. The number of hydrogen-bond acceptors (Lipinski definition) is 3. The van der Waals surface area contributed by atoms with Gasteiger partial charge < -0.3 is 10.3 Å². The largest absolute Gasteiger partial charge is 0.361 e. The van der Waals surface area contributed by atoms with Gasteiger partial charge in [-0.1, -0.05) is 48.5 Å². The molecule has 0 aliphatic rings. The lowest BCUT2D eigenvalue weighted by molar-refractivity contribution is -0.116. The van der Waals surface area contributed by atoms with E-state index in [0.29, 0.717) is 24.4 Å². The molecule has 2 aromatic heterocycles. The van der Waals surface area contributed by atoms with Gasteiger partial charge in [0.2, 0.25) is 5.91 Å². The third kappa shape index (κ3) is 3.47. The van der Waals surface area contributed by atoms with Crippen LogP contribution in [0.2, 0.25) is 0 Å². The summed E-state index contributed by atoms with van der Waals surface area (Å²) in [4.78, 5) is 24.1. The number of aromatic nitrogens is 3. The highest BCUT2D eigenvalue weighted by atomic mass is 16.1. The van der Waals surface area contributed by atoms with E-state index in [-0.39, 0.29) is 5.91 Å². The van der Waals surface area contributed by atoms with Crippen LogP contribution in [0, 0.1) is 0 Å². The molecule has 0 saturated heterocycles. The second kappa shape index (κ2) is 7.19. The lowest BCUT2D eigenvalue weighted by atomic mass is 10.1. The predicted octanol–water partition coefficient (Wildman–Crippen LogP) is 4.20. The molecule has 5 heteroatoms. The molecule has 0 spiro atoms. The Bertz CT molecular complexity index is 1020. The van der Waals surface area contributed by atoms with Crippen LogP contribution in [-0.4, -0.2) is 20.9 Å². The normalized spacial score (nSPS) is 10.8. The zero-order chi connectivity index (χ0) is 17.8. The summed E-state index contributed by atoms with van der Waals surface area (Å²) >= 11 is 0. The van der Waals surface area contributed by atoms with Crippen molar-refractivity contribution in [3.8, 4) is 11.4 Å². The van der Waals surface area contributed by atoms with Crippen LogP contribution in [-0.2, 0) is 11.2 Å². The Morgan fingerprint density at radius 3 is 2.50 bits per heavy atom. The Kier molecular flexibility index (Phi) is 4.43. The molecule has 4 rings (SSSR count). The zero-order valence-electron chi connectivity index (χ0n) is 14.1. The number of aromatic amines is 1. The van der Waals surface area contributed by atoms with Crippen LogP contribution < -0.4 is 5.32 Å². The van der Waals surface area contributed by atoms with Gasteiger partial charge in [0, 0.05) is 29.1 Å². The first-order valence-electron chi connectivity index (χ1n) is 8.52. The van der Waals surface area contributed by atoms with Gasteiger partial charge in [-0.25, -0.2) is 9.97 Å². The van der Waals surface area contributed by atoms with E-state index in [2.05, 4.69) is 26.3 Å². The monoisotopic (exact) mass is 342 g/mol. The van der Waals surface area contributed by atoms with Crippen molar-refractivity contribution >= 4 is 22.5 Å². The summed E-state index contributed by atoms with van der Waals surface area (Å²) in [7, 11) is 0. The van der Waals surface area contributed by atoms with Gasteiger partial charge in [-0.2, -0.15) is 0 Å². The molecule has 1 amide bonds. The molecule has 2 N–H and O–H groups in total. The highest BCUT2D eigenvalue weighted by Gasteiger charge is 2.08. The molecule has 0 aliphatic carbocycles. The summed E-state index contributed by atoms with van der Waals surface area (Å²) in [6.07, 6.45) is 6.33. The van der Waals surface area contributed by atoms with Crippen molar-refractivity contribution < 1.29 is 4.79 Å². The minimum atomic E-state index is -0.0497. The third-order valence-electron chi connectivity index (χ3n) is 4.26. The maximum Gasteiger partial charge on any atom is 0.224 e. The van der Waals surface area contributed by atoms with Crippen LogP contribution in [0.5, 0.6) is 0 Å². The molecule has 26 heavy (non-hydrogen) atoms. The van der Waals surface area contributed by atoms with E-state index in [0.717, 1.165) is 22.0 Å². The number of rotatable bonds is 5. The van der Waals surface area contributed by atoms with Crippen molar-refractivity contribution in [1.82, 2.24) is 15.0 Å². The average molecular weight is 342 g/mol. The van der Waals surface area contributed by atoms with Crippen LogP contribution in [0.4, 0.5) is 5.69 Å². The number of anilines is 1. The Morgan fingerprint density at radius 2 is 1.69 bits per heavy atom. The summed E-state index contributed by atoms with van der Waals surface area (Å²) in [6, 6.07) is 17.8. The highest BCUT2D eigenvalue weighted by Crippen LogP contribution is 2.19. The maximum atomic E-state index is 12.2. The number of nitrogens with zero attached hydrogens (tertiary/aromatic N) is 2. The molecule has 2 heterocycles. The number of carbonyl (C=O) groups is 1. The van der Waals surface area contributed by atoms with E-state index in [9.17, 15) is 4.79 Å². The molecule has 0 bridgehead atoms. The van der Waals surface area contributed by atoms with E-state index < -0.39 is 0 Å². The van der Waals surface area contributed by atoms with E-state index >= 15 is 0 Å². The lowest BCUT2D eigenvalue weighted by Crippen LogP contribution is -2.12. The van der Waals surface area contributed by atoms with Crippen LogP contribution in [0.1, 0.15) is 12.0 Å². The van der Waals surface area contributed by atoms with E-state index in [1.54, 1.807) is 12.4 Å². The predicted molar refractivity (Wildman–Crippen MR) is 103 cm³/mol. The average Bonchev–Trinajstić information content (AvgIpc) is 3.11. The quantitative estimate of drug-likeness (QED) is 0.571. The molecule has 4 aromatic rings.